The van der Waals surface area contributed by atoms with Crippen LogP contribution < -0.4 is 11.1 Å². The van der Waals surface area contributed by atoms with E-state index in [9.17, 15) is 14.4 Å². The van der Waals surface area contributed by atoms with Crippen LogP contribution in [0.5, 0.6) is 0 Å². The highest BCUT2D eigenvalue weighted by atomic mass is 16.2. The molecular weight excluding hydrogens is 222 g/mol. The van der Waals surface area contributed by atoms with Crippen LogP contribution in [0.1, 0.15) is 20.8 Å². The van der Waals surface area contributed by atoms with Gasteiger partial charge in [-0.05, 0) is 20.8 Å². The zero-order chi connectivity index (χ0) is 13.2. The molecule has 0 aromatic carbocycles. The van der Waals surface area contributed by atoms with Gasteiger partial charge in [0.1, 0.15) is 6.04 Å². The number of imide groups is 1. The zero-order valence-corrected chi connectivity index (χ0v) is 10.2. The van der Waals surface area contributed by atoms with Crippen molar-refractivity contribution in [1.29, 1.82) is 0 Å². The Hall–Kier alpha value is -1.69. The molecule has 0 saturated carbocycles. The van der Waals surface area contributed by atoms with E-state index >= 15 is 0 Å². The van der Waals surface area contributed by atoms with E-state index in [0.29, 0.717) is 0 Å². The lowest BCUT2D eigenvalue weighted by molar-refractivity contribution is -0.145. The van der Waals surface area contributed by atoms with Crippen LogP contribution in [-0.2, 0) is 14.4 Å². The summed E-state index contributed by atoms with van der Waals surface area (Å²) in [7, 11) is 0. The summed E-state index contributed by atoms with van der Waals surface area (Å²) in [6, 6.07) is -0.954. The Kier molecular flexibility index (Phi) is 3.67. The van der Waals surface area contributed by atoms with E-state index in [4.69, 9.17) is 5.73 Å². The maximum Gasteiger partial charge on any atom is 0.254 e. The van der Waals surface area contributed by atoms with Gasteiger partial charge >= 0.3 is 0 Å². The largest absolute Gasteiger partial charge is 0.350 e. The molecule has 0 spiro atoms. The van der Waals surface area contributed by atoms with Crippen molar-refractivity contribution >= 4 is 17.7 Å². The van der Waals surface area contributed by atoms with E-state index in [1.165, 1.54) is 0 Å². The molecule has 6 heteroatoms. The van der Waals surface area contributed by atoms with Gasteiger partial charge in [0.25, 0.3) is 11.8 Å². The number of nitrogens with two attached hydrogens (primary N) is 1. The molecule has 1 heterocycles. The van der Waals surface area contributed by atoms with Crippen molar-refractivity contribution in [3.63, 3.8) is 0 Å². The fraction of sp³-hybridized carbons (Fsp3) is 0.545. The average molecular weight is 239 g/mol. The van der Waals surface area contributed by atoms with Crippen LogP contribution in [0.2, 0.25) is 0 Å². The summed E-state index contributed by atoms with van der Waals surface area (Å²) < 4.78 is 0. The van der Waals surface area contributed by atoms with E-state index in [-0.39, 0.29) is 6.54 Å². The number of hydrogen-bond acceptors (Lipinski definition) is 4. The third kappa shape index (κ3) is 3.13. The molecule has 0 radical (unpaired) electrons. The van der Waals surface area contributed by atoms with Gasteiger partial charge in [0, 0.05) is 24.2 Å². The summed E-state index contributed by atoms with van der Waals surface area (Å²) in [6.45, 7) is 5.33. The number of amides is 3. The van der Waals surface area contributed by atoms with Crippen LogP contribution in [0.15, 0.2) is 12.2 Å². The minimum atomic E-state index is -0.954. The molecule has 94 valence electrons. The summed E-state index contributed by atoms with van der Waals surface area (Å²) >= 11 is 0. The van der Waals surface area contributed by atoms with Crippen molar-refractivity contribution in [2.24, 2.45) is 5.73 Å². The lowest BCUT2D eigenvalue weighted by atomic mass is 10.1. The summed E-state index contributed by atoms with van der Waals surface area (Å²) in [6.07, 6.45) is 2.27. The SMILES string of the molecule is CC(C)(C)NC(=O)C(CN)N1C(=O)C=CC1=O. The molecule has 3 N–H and O–H groups in total. The van der Waals surface area contributed by atoms with Gasteiger partial charge in [-0.25, -0.2) is 0 Å². The minimum absolute atomic E-state index is 0.0962. The second-order valence-electron chi connectivity index (χ2n) is 4.87. The van der Waals surface area contributed by atoms with Gasteiger partial charge in [-0.2, -0.15) is 0 Å². The van der Waals surface area contributed by atoms with Gasteiger partial charge in [0.05, 0.1) is 0 Å². The molecule has 1 rings (SSSR count). The first-order chi connectivity index (χ1) is 7.76. The second-order valence-corrected chi connectivity index (χ2v) is 4.87. The van der Waals surface area contributed by atoms with Crippen LogP contribution >= 0.6 is 0 Å². The van der Waals surface area contributed by atoms with Crippen molar-refractivity contribution in [2.75, 3.05) is 6.54 Å². The summed E-state index contributed by atoms with van der Waals surface area (Å²) in [5.74, 6) is -1.44. The molecule has 1 aliphatic heterocycles. The quantitative estimate of drug-likeness (QED) is 0.628. The van der Waals surface area contributed by atoms with Crippen molar-refractivity contribution in [3.8, 4) is 0 Å². The molecule has 1 unspecified atom stereocenters. The van der Waals surface area contributed by atoms with Crippen molar-refractivity contribution < 1.29 is 14.4 Å². The lowest BCUT2D eigenvalue weighted by Gasteiger charge is -2.28. The van der Waals surface area contributed by atoms with Gasteiger partial charge < -0.3 is 11.1 Å². The first kappa shape index (κ1) is 13.4. The second kappa shape index (κ2) is 4.67. The van der Waals surface area contributed by atoms with Crippen LogP contribution in [0.25, 0.3) is 0 Å². The fourth-order valence-electron chi connectivity index (χ4n) is 1.50. The van der Waals surface area contributed by atoms with Crippen LogP contribution in [0.3, 0.4) is 0 Å². The van der Waals surface area contributed by atoms with E-state index in [1.54, 1.807) is 0 Å². The Morgan fingerprint density at radius 2 is 1.82 bits per heavy atom. The maximum atomic E-state index is 11.9. The van der Waals surface area contributed by atoms with E-state index in [0.717, 1.165) is 17.1 Å². The Balaban J connectivity index is 2.82. The molecule has 0 saturated heterocycles. The van der Waals surface area contributed by atoms with E-state index in [2.05, 4.69) is 5.32 Å². The smallest absolute Gasteiger partial charge is 0.254 e. The van der Waals surface area contributed by atoms with Crippen LogP contribution in [-0.4, -0.2) is 40.7 Å². The zero-order valence-electron chi connectivity index (χ0n) is 10.2. The first-order valence-electron chi connectivity index (χ1n) is 5.33. The molecule has 1 aliphatic rings. The minimum Gasteiger partial charge on any atom is -0.350 e. The van der Waals surface area contributed by atoms with Gasteiger partial charge in [-0.1, -0.05) is 0 Å². The molecule has 0 fully saturated rings. The third-order valence-electron chi connectivity index (χ3n) is 2.18. The summed E-state index contributed by atoms with van der Waals surface area (Å²) in [5, 5.41) is 2.70. The average Bonchev–Trinajstić information content (AvgIpc) is 2.47. The molecule has 0 bridgehead atoms. The highest BCUT2D eigenvalue weighted by Crippen LogP contribution is 2.10. The van der Waals surface area contributed by atoms with Gasteiger partial charge in [-0.3, -0.25) is 19.3 Å². The summed E-state index contributed by atoms with van der Waals surface area (Å²) in [4.78, 5) is 35.7. The number of nitrogens with one attached hydrogen (secondary N) is 1. The number of carbonyl (C=O) groups is 3. The predicted molar refractivity (Wildman–Crippen MR) is 61.7 cm³/mol. The molecule has 1 atom stereocenters. The number of hydrogen-bond donors (Lipinski definition) is 2. The topological polar surface area (TPSA) is 92.5 Å². The standard InChI is InChI=1S/C11H17N3O3/c1-11(2,3)13-10(17)7(6-12)14-8(15)4-5-9(14)16/h4-5,7H,6,12H2,1-3H3,(H,13,17). The number of carbonyl (C=O) groups excluding carboxylic acids is 3. The Bertz CT molecular complexity index is 364. The molecule has 0 aliphatic carbocycles. The summed E-state index contributed by atoms with van der Waals surface area (Å²) in [5.41, 5.74) is 5.02. The fourth-order valence-corrected chi connectivity index (χ4v) is 1.50. The van der Waals surface area contributed by atoms with Crippen LogP contribution in [0.4, 0.5) is 0 Å². The Morgan fingerprint density at radius 1 is 1.35 bits per heavy atom. The van der Waals surface area contributed by atoms with Gasteiger partial charge in [0.15, 0.2) is 0 Å². The molecule has 17 heavy (non-hydrogen) atoms. The first-order valence-corrected chi connectivity index (χ1v) is 5.33. The normalized spacial score (nSPS) is 17.5. The Morgan fingerprint density at radius 3 is 2.18 bits per heavy atom. The number of nitrogens with zero attached hydrogens (tertiary/aromatic N) is 1. The third-order valence-corrected chi connectivity index (χ3v) is 2.18. The Labute approximate surface area is 99.8 Å². The molecule has 6 nitrogen and oxygen atoms in total. The van der Waals surface area contributed by atoms with Crippen molar-refractivity contribution in [1.82, 2.24) is 10.2 Å². The maximum absolute atomic E-state index is 11.9. The van der Waals surface area contributed by atoms with Gasteiger partial charge in [0.2, 0.25) is 5.91 Å². The molecular formula is C11H17N3O3. The highest BCUT2D eigenvalue weighted by Gasteiger charge is 2.35. The monoisotopic (exact) mass is 239 g/mol. The van der Waals surface area contributed by atoms with E-state index < -0.39 is 29.3 Å². The molecule has 0 aromatic heterocycles. The molecule has 3 amide bonds. The van der Waals surface area contributed by atoms with Crippen LogP contribution in [0, 0.1) is 0 Å². The number of rotatable bonds is 3. The van der Waals surface area contributed by atoms with Crippen molar-refractivity contribution in [3.05, 3.63) is 12.2 Å². The van der Waals surface area contributed by atoms with Gasteiger partial charge in [-0.15, -0.1) is 0 Å². The van der Waals surface area contributed by atoms with E-state index in [1.807, 2.05) is 20.8 Å². The molecule has 0 aromatic rings. The highest BCUT2D eigenvalue weighted by molar-refractivity contribution is 6.15. The predicted octanol–water partition coefficient (Wildman–Crippen LogP) is -0.847. The lowest BCUT2D eigenvalue weighted by Crippen LogP contribution is -2.56. The van der Waals surface area contributed by atoms with Crippen molar-refractivity contribution in [2.45, 2.75) is 32.4 Å².